The lowest BCUT2D eigenvalue weighted by Gasteiger charge is -1.88. The molecule has 4 heteroatoms. The molecule has 56 valence electrons. The van der Waals surface area contributed by atoms with Crippen LogP contribution in [0.1, 0.15) is 5.69 Å². The molecule has 0 aromatic carbocycles. The number of aryl methyl sites for hydroxylation is 2. The lowest BCUT2D eigenvalue weighted by Crippen LogP contribution is -1.91. The van der Waals surface area contributed by atoms with Crippen LogP contribution in [-0.2, 0) is 7.05 Å². The van der Waals surface area contributed by atoms with E-state index in [9.17, 15) is 0 Å². The lowest BCUT2D eigenvalue weighted by molar-refractivity contribution is 0.773. The topological polar surface area (TPSA) is 43.6 Å². The molecule has 0 radical (unpaired) electrons. The lowest BCUT2D eigenvalue weighted by atomic mass is 10.3. The Kier molecular flexibility index (Phi) is 1.15. The SMILES string of the molecule is Cc1nn(C)c2ncncc12. The van der Waals surface area contributed by atoms with E-state index in [1.165, 1.54) is 6.33 Å². The number of rotatable bonds is 0. The Morgan fingerprint density at radius 1 is 1.45 bits per heavy atom. The summed E-state index contributed by atoms with van der Waals surface area (Å²) in [6.45, 7) is 1.95. The minimum Gasteiger partial charge on any atom is -0.250 e. The molecule has 0 aliphatic rings. The fourth-order valence-corrected chi connectivity index (χ4v) is 1.16. The molecule has 0 fully saturated rings. The van der Waals surface area contributed by atoms with Gasteiger partial charge >= 0.3 is 0 Å². The summed E-state index contributed by atoms with van der Waals surface area (Å²) in [5.41, 5.74) is 1.86. The van der Waals surface area contributed by atoms with E-state index in [0.29, 0.717) is 0 Å². The predicted octanol–water partition coefficient (Wildman–Crippen LogP) is 0.672. The van der Waals surface area contributed by atoms with E-state index in [1.54, 1.807) is 10.9 Å². The van der Waals surface area contributed by atoms with Crippen molar-refractivity contribution >= 4 is 11.0 Å². The van der Waals surface area contributed by atoms with Crippen LogP contribution in [0.5, 0.6) is 0 Å². The molecule has 0 N–H and O–H groups in total. The zero-order valence-corrected chi connectivity index (χ0v) is 6.44. The van der Waals surface area contributed by atoms with Gasteiger partial charge in [-0.2, -0.15) is 5.10 Å². The molecule has 0 aliphatic carbocycles. The number of hydrogen-bond acceptors (Lipinski definition) is 3. The van der Waals surface area contributed by atoms with E-state index in [2.05, 4.69) is 15.1 Å². The third-order valence-corrected chi connectivity index (χ3v) is 1.69. The quantitative estimate of drug-likeness (QED) is 0.551. The van der Waals surface area contributed by atoms with Crippen molar-refractivity contribution in [2.45, 2.75) is 6.92 Å². The van der Waals surface area contributed by atoms with Gasteiger partial charge in [0.25, 0.3) is 0 Å². The molecular formula is C7H8N4. The summed E-state index contributed by atoms with van der Waals surface area (Å²) in [4.78, 5) is 8.01. The van der Waals surface area contributed by atoms with Crippen LogP contribution in [-0.4, -0.2) is 19.7 Å². The number of aromatic nitrogens is 4. The Bertz CT molecular complexity index is 354. The summed E-state index contributed by atoms with van der Waals surface area (Å²) in [6, 6.07) is 0. The monoisotopic (exact) mass is 148 g/mol. The maximum atomic E-state index is 4.20. The Morgan fingerprint density at radius 2 is 2.27 bits per heavy atom. The first-order valence-corrected chi connectivity index (χ1v) is 3.38. The Labute approximate surface area is 63.9 Å². The molecule has 0 aliphatic heterocycles. The van der Waals surface area contributed by atoms with Gasteiger partial charge in [0.05, 0.1) is 11.1 Å². The Balaban J connectivity index is 2.95. The minimum absolute atomic E-state index is 0.887. The van der Waals surface area contributed by atoms with Crippen LogP contribution >= 0.6 is 0 Å². The average molecular weight is 148 g/mol. The molecule has 11 heavy (non-hydrogen) atoms. The van der Waals surface area contributed by atoms with E-state index in [1.807, 2.05) is 14.0 Å². The first-order chi connectivity index (χ1) is 5.29. The smallest absolute Gasteiger partial charge is 0.161 e. The van der Waals surface area contributed by atoms with Gasteiger partial charge in [-0.1, -0.05) is 0 Å². The van der Waals surface area contributed by atoms with Crippen molar-refractivity contribution in [2.75, 3.05) is 0 Å². The van der Waals surface area contributed by atoms with E-state index < -0.39 is 0 Å². The molecule has 2 aromatic rings. The van der Waals surface area contributed by atoms with Gasteiger partial charge in [0, 0.05) is 13.2 Å². The normalized spacial score (nSPS) is 10.7. The highest BCUT2D eigenvalue weighted by atomic mass is 15.3. The first kappa shape index (κ1) is 6.27. The second-order valence-corrected chi connectivity index (χ2v) is 2.47. The molecule has 0 saturated heterocycles. The van der Waals surface area contributed by atoms with Gasteiger partial charge in [-0.15, -0.1) is 0 Å². The van der Waals surface area contributed by atoms with Crippen molar-refractivity contribution in [1.29, 1.82) is 0 Å². The van der Waals surface area contributed by atoms with Crippen LogP contribution < -0.4 is 0 Å². The van der Waals surface area contributed by atoms with Gasteiger partial charge < -0.3 is 0 Å². The summed E-state index contributed by atoms with van der Waals surface area (Å²) in [5, 5.41) is 5.23. The molecule has 0 amide bonds. The maximum absolute atomic E-state index is 4.20. The summed E-state index contributed by atoms with van der Waals surface area (Å²) < 4.78 is 1.76. The first-order valence-electron chi connectivity index (χ1n) is 3.38. The zero-order valence-electron chi connectivity index (χ0n) is 6.44. The van der Waals surface area contributed by atoms with Gasteiger partial charge in [-0.25, -0.2) is 9.97 Å². The predicted molar refractivity (Wildman–Crippen MR) is 41.0 cm³/mol. The van der Waals surface area contributed by atoms with Crippen molar-refractivity contribution < 1.29 is 0 Å². The summed E-state index contributed by atoms with van der Waals surface area (Å²) in [5.74, 6) is 0. The van der Waals surface area contributed by atoms with Crippen molar-refractivity contribution in [3.8, 4) is 0 Å². The zero-order chi connectivity index (χ0) is 7.84. The second-order valence-electron chi connectivity index (χ2n) is 2.47. The van der Waals surface area contributed by atoms with Crippen LogP contribution in [0, 0.1) is 6.92 Å². The van der Waals surface area contributed by atoms with Crippen LogP contribution in [0.15, 0.2) is 12.5 Å². The van der Waals surface area contributed by atoms with Gasteiger partial charge in [-0.05, 0) is 6.92 Å². The van der Waals surface area contributed by atoms with Gasteiger partial charge in [0.2, 0.25) is 0 Å². The summed E-state index contributed by atoms with van der Waals surface area (Å²) in [7, 11) is 1.88. The van der Waals surface area contributed by atoms with E-state index >= 15 is 0 Å². The standard InChI is InChI=1S/C7H8N4/c1-5-6-3-8-4-9-7(6)11(2)10-5/h3-4H,1-2H3. The van der Waals surface area contributed by atoms with E-state index in [-0.39, 0.29) is 0 Å². The molecule has 4 nitrogen and oxygen atoms in total. The van der Waals surface area contributed by atoms with Crippen molar-refractivity contribution in [2.24, 2.45) is 7.05 Å². The largest absolute Gasteiger partial charge is 0.250 e. The second kappa shape index (κ2) is 2.02. The molecule has 2 aromatic heterocycles. The highest BCUT2D eigenvalue weighted by Crippen LogP contribution is 2.11. The third-order valence-electron chi connectivity index (χ3n) is 1.69. The van der Waals surface area contributed by atoms with E-state index in [0.717, 1.165) is 16.7 Å². The molecule has 0 bridgehead atoms. The van der Waals surface area contributed by atoms with Crippen LogP contribution in [0.2, 0.25) is 0 Å². The van der Waals surface area contributed by atoms with Crippen molar-refractivity contribution in [1.82, 2.24) is 19.7 Å². The van der Waals surface area contributed by atoms with Crippen LogP contribution in [0.4, 0.5) is 0 Å². The Hall–Kier alpha value is -1.45. The molecule has 0 unspecified atom stereocenters. The maximum Gasteiger partial charge on any atom is 0.161 e. The van der Waals surface area contributed by atoms with Crippen LogP contribution in [0.25, 0.3) is 11.0 Å². The van der Waals surface area contributed by atoms with Crippen molar-refractivity contribution in [3.63, 3.8) is 0 Å². The van der Waals surface area contributed by atoms with E-state index in [4.69, 9.17) is 0 Å². The average Bonchev–Trinajstić information content (AvgIpc) is 2.30. The minimum atomic E-state index is 0.887. The molecule has 2 rings (SSSR count). The molecule has 2 heterocycles. The highest BCUT2D eigenvalue weighted by molar-refractivity contribution is 5.76. The summed E-state index contributed by atoms with van der Waals surface area (Å²) >= 11 is 0. The fraction of sp³-hybridized carbons (Fsp3) is 0.286. The van der Waals surface area contributed by atoms with Gasteiger partial charge in [0.1, 0.15) is 6.33 Å². The van der Waals surface area contributed by atoms with Crippen LogP contribution in [0.3, 0.4) is 0 Å². The van der Waals surface area contributed by atoms with Gasteiger partial charge in [0.15, 0.2) is 5.65 Å². The number of fused-ring (bicyclic) bond motifs is 1. The molecule has 0 atom stereocenters. The molecule has 0 saturated carbocycles. The van der Waals surface area contributed by atoms with Gasteiger partial charge in [-0.3, -0.25) is 4.68 Å². The molecular weight excluding hydrogens is 140 g/mol. The number of nitrogens with zero attached hydrogens (tertiary/aromatic N) is 4. The molecule has 0 spiro atoms. The Morgan fingerprint density at radius 3 is 3.00 bits per heavy atom. The fourth-order valence-electron chi connectivity index (χ4n) is 1.16. The third kappa shape index (κ3) is 0.790. The number of hydrogen-bond donors (Lipinski definition) is 0. The van der Waals surface area contributed by atoms with Crippen molar-refractivity contribution in [3.05, 3.63) is 18.2 Å². The summed E-state index contributed by atoms with van der Waals surface area (Å²) in [6.07, 6.45) is 3.31. The highest BCUT2D eigenvalue weighted by Gasteiger charge is 2.03.